The van der Waals surface area contributed by atoms with Crippen molar-refractivity contribution in [3.8, 4) is 11.4 Å². The number of carbonyl (C=O) groups excluding carboxylic acids is 2. The smallest absolute Gasteiger partial charge is 0.359 e. The number of carbonyl (C=O) groups is 2. The lowest BCUT2D eigenvalue weighted by Crippen LogP contribution is -2.24. The molecule has 3 heterocycles. The van der Waals surface area contributed by atoms with E-state index < -0.39 is 11.6 Å². The number of hydrogen-bond acceptors (Lipinski definition) is 5. The van der Waals surface area contributed by atoms with Crippen LogP contribution >= 0.6 is 0 Å². The van der Waals surface area contributed by atoms with Crippen LogP contribution in [0.4, 0.5) is 0 Å². The van der Waals surface area contributed by atoms with Gasteiger partial charge >= 0.3 is 5.97 Å². The van der Waals surface area contributed by atoms with Crippen molar-refractivity contribution in [2.24, 2.45) is 7.05 Å². The second kappa shape index (κ2) is 9.14. The van der Waals surface area contributed by atoms with Crippen molar-refractivity contribution in [3.63, 3.8) is 0 Å². The molecule has 0 saturated carbocycles. The van der Waals surface area contributed by atoms with Crippen LogP contribution in [-0.2, 0) is 18.3 Å². The van der Waals surface area contributed by atoms with Crippen LogP contribution in [0.3, 0.4) is 0 Å². The Morgan fingerprint density at radius 2 is 1.69 bits per heavy atom. The molecule has 0 spiro atoms. The van der Waals surface area contributed by atoms with E-state index in [9.17, 15) is 14.4 Å². The molecule has 188 valence electrons. The van der Waals surface area contributed by atoms with Gasteiger partial charge in [-0.05, 0) is 59.7 Å². The normalized spacial score (nSPS) is 11.6. The van der Waals surface area contributed by atoms with Crippen molar-refractivity contribution < 1.29 is 14.3 Å². The Bertz CT molecular complexity index is 1510. The van der Waals surface area contributed by atoms with Gasteiger partial charge < -0.3 is 13.9 Å². The number of para-hydroxylation sites is 1. The predicted octanol–water partition coefficient (Wildman–Crippen LogP) is 3.93. The van der Waals surface area contributed by atoms with Crippen LogP contribution in [0.5, 0.6) is 0 Å². The number of hydrogen-bond donors (Lipinski definition) is 0. The van der Waals surface area contributed by atoms with E-state index in [1.165, 1.54) is 12.5 Å². The summed E-state index contributed by atoms with van der Waals surface area (Å²) in [6.07, 6.45) is 2.95. The highest BCUT2D eigenvalue weighted by Gasteiger charge is 2.24. The Balaban J connectivity index is 1.66. The summed E-state index contributed by atoms with van der Waals surface area (Å²) < 4.78 is 12.2. The minimum absolute atomic E-state index is 0.00209. The lowest BCUT2D eigenvalue weighted by atomic mass is 10.1. The van der Waals surface area contributed by atoms with Gasteiger partial charge in [-0.3, -0.25) is 14.3 Å². The van der Waals surface area contributed by atoms with Crippen LogP contribution < -0.4 is 5.56 Å². The van der Waals surface area contributed by atoms with Crippen LogP contribution in [0, 0.1) is 20.8 Å². The first-order valence-electron chi connectivity index (χ1n) is 11.7. The number of imidazole rings is 1. The Morgan fingerprint density at radius 3 is 2.33 bits per heavy atom. The summed E-state index contributed by atoms with van der Waals surface area (Å²) >= 11 is 0. The average molecular weight is 490 g/mol. The number of Topliss-reactive ketones (excluding diaryl/α,β-unsaturated/α-hetero) is 1. The SMILES string of the molecule is Cc1cc(C(=O)Cn2cnc(C(=O)OC(C)(C)C)c2)c(C)n1-c1c(C)n(C)n(-c2ccccc2)c1=O. The van der Waals surface area contributed by atoms with Crippen LogP contribution in [0.15, 0.2) is 53.7 Å². The molecule has 0 aliphatic rings. The Kier molecular flexibility index (Phi) is 6.34. The summed E-state index contributed by atoms with van der Waals surface area (Å²) in [6.45, 7) is 10.9. The number of benzene rings is 1. The summed E-state index contributed by atoms with van der Waals surface area (Å²) in [7, 11) is 1.84. The van der Waals surface area contributed by atoms with Gasteiger partial charge in [0, 0.05) is 30.2 Å². The van der Waals surface area contributed by atoms with Crippen molar-refractivity contribution in [3.05, 3.63) is 87.6 Å². The van der Waals surface area contributed by atoms with Crippen molar-refractivity contribution in [2.75, 3.05) is 0 Å². The molecule has 0 fully saturated rings. The summed E-state index contributed by atoms with van der Waals surface area (Å²) in [6, 6.07) is 11.2. The Labute approximate surface area is 209 Å². The van der Waals surface area contributed by atoms with Crippen molar-refractivity contribution in [2.45, 2.75) is 53.7 Å². The molecule has 0 aliphatic heterocycles. The van der Waals surface area contributed by atoms with E-state index in [1.807, 2.05) is 67.4 Å². The minimum atomic E-state index is -0.636. The first kappa shape index (κ1) is 25.0. The van der Waals surface area contributed by atoms with E-state index in [-0.39, 0.29) is 23.6 Å². The van der Waals surface area contributed by atoms with Gasteiger partial charge in [-0.1, -0.05) is 18.2 Å². The number of rotatable bonds is 6. The Morgan fingerprint density at radius 1 is 1.03 bits per heavy atom. The zero-order valence-electron chi connectivity index (χ0n) is 21.7. The van der Waals surface area contributed by atoms with Gasteiger partial charge in [0.05, 0.1) is 24.3 Å². The molecule has 9 heteroatoms. The lowest BCUT2D eigenvalue weighted by Gasteiger charge is -2.18. The molecule has 0 bridgehead atoms. The number of ether oxygens (including phenoxy) is 1. The maximum absolute atomic E-state index is 13.5. The molecule has 4 rings (SSSR count). The molecule has 0 unspecified atom stereocenters. The Hall–Kier alpha value is -4.14. The number of aromatic nitrogens is 5. The highest BCUT2D eigenvalue weighted by molar-refractivity contribution is 5.97. The van der Waals surface area contributed by atoms with E-state index in [1.54, 1.807) is 36.1 Å². The molecule has 3 aromatic heterocycles. The quantitative estimate of drug-likeness (QED) is 0.302. The molecule has 0 atom stereocenters. The molecule has 0 radical (unpaired) electrons. The van der Waals surface area contributed by atoms with E-state index in [0.29, 0.717) is 16.9 Å². The van der Waals surface area contributed by atoms with Crippen LogP contribution in [-0.4, -0.2) is 40.8 Å². The monoisotopic (exact) mass is 489 g/mol. The van der Waals surface area contributed by atoms with Gasteiger partial charge in [0.2, 0.25) is 0 Å². The highest BCUT2D eigenvalue weighted by atomic mass is 16.6. The maximum Gasteiger partial charge on any atom is 0.359 e. The fourth-order valence-corrected chi connectivity index (χ4v) is 4.33. The number of nitrogens with zero attached hydrogens (tertiary/aromatic N) is 5. The standard InChI is InChI=1S/C27H31N5O4/c1-17-13-21(23(33)15-30-14-22(28-16-30)26(35)36-27(4,5)6)18(2)31(17)24-19(3)29(7)32(25(24)34)20-11-9-8-10-12-20/h8-14,16H,15H2,1-7H3. The summed E-state index contributed by atoms with van der Waals surface area (Å²) in [5.41, 5.74) is 3.35. The second-order valence-electron chi connectivity index (χ2n) is 9.89. The van der Waals surface area contributed by atoms with Gasteiger partial charge in [-0.2, -0.15) is 0 Å². The lowest BCUT2D eigenvalue weighted by molar-refractivity contribution is 0.00630. The number of esters is 1. The zero-order chi connectivity index (χ0) is 26.4. The molecule has 0 saturated heterocycles. The molecular weight excluding hydrogens is 458 g/mol. The van der Waals surface area contributed by atoms with E-state index in [4.69, 9.17) is 4.74 Å². The molecule has 0 N–H and O–H groups in total. The van der Waals surface area contributed by atoms with Crippen LogP contribution in [0.25, 0.3) is 11.4 Å². The van der Waals surface area contributed by atoms with Crippen LogP contribution in [0.1, 0.15) is 58.7 Å². The fraction of sp³-hybridized carbons (Fsp3) is 0.333. The fourth-order valence-electron chi connectivity index (χ4n) is 4.33. The summed E-state index contributed by atoms with van der Waals surface area (Å²) in [4.78, 5) is 43.1. The van der Waals surface area contributed by atoms with Crippen molar-refractivity contribution in [1.82, 2.24) is 23.5 Å². The predicted molar refractivity (Wildman–Crippen MR) is 136 cm³/mol. The topological polar surface area (TPSA) is 93.1 Å². The average Bonchev–Trinajstić information content (AvgIpc) is 3.44. The zero-order valence-corrected chi connectivity index (χ0v) is 21.7. The van der Waals surface area contributed by atoms with Crippen molar-refractivity contribution >= 4 is 11.8 Å². The van der Waals surface area contributed by atoms with Crippen LogP contribution in [0.2, 0.25) is 0 Å². The van der Waals surface area contributed by atoms with Gasteiger partial charge in [-0.15, -0.1) is 0 Å². The third kappa shape index (κ3) is 4.56. The van der Waals surface area contributed by atoms with Gasteiger partial charge in [-0.25, -0.2) is 14.5 Å². The van der Waals surface area contributed by atoms with E-state index >= 15 is 0 Å². The number of aryl methyl sites for hydroxylation is 1. The van der Waals surface area contributed by atoms with Gasteiger partial charge in [0.15, 0.2) is 11.5 Å². The first-order chi connectivity index (χ1) is 16.9. The van der Waals surface area contributed by atoms with E-state index in [2.05, 4.69) is 4.98 Å². The molecular formula is C27H31N5O4. The van der Waals surface area contributed by atoms with E-state index in [0.717, 1.165) is 17.1 Å². The third-order valence-electron chi connectivity index (χ3n) is 6.05. The summed E-state index contributed by atoms with van der Waals surface area (Å²) in [5.74, 6) is -0.694. The minimum Gasteiger partial charge on any atom is -0.455 e. The maximum atomic E-state index is 13.5. The van der Waals surface area contributed by atoms with Gasteiger partial charge in [0.25, 0.3) is 5.56 Å². The molecule has 1 aromatic carbocycles. The summed E-state index contributed by atoms with van der Waals surface area (Å²) in [5, 5.41) is 0. The van der Waals surface area contributed by atoms with Crippen molar-refractivity contribution in [1.29, 1.82) is 0 Å². The third-order valence-corrected chi connectivity index (χ3v) is 6.05. The molecule has 4 aromatic rings. The molecule has 36 heavy (non-hydrogen) atoms. The first-order valence-corrected chi connectivity index (χ1v) is 11.7. The largest absolute Gasteiger partial charge is 0.455 e. The highest BCUT2D eigenvalue weighted by Crippen LogP contribution is 2.23. The van der Waals surface area contributed by atoms with Gasteiger partial charge in [0.1, 0.15) is 11.3 Å². The molecule has 9 nitrogen and oxygen atoms in total. The second-order valence-corrected chi connectivity index (χ2v) is 9.89. The number of ketones is 1. The molecule has 0 amide bonds. The molecule has 0 aliphatic carbocycles.